The average Bonchev–Trinajstić information content (AvgIpc) is 2.89. The fraction of sp³-hybridized carbons (Fsp3) is 0.353. The summed E-state index contributed by atoms with van der Waals surface area (Å²) >= 11 is 0. The van der Waals surface area contributed by atoms with Crippen LogP contribution >= 0.6 is 0 Å². The van der Waals surface area contributed by atoms with Crippen molar-refractivity contribution < 1.29 is 19.5 Å². The van der Waals surface area contributed by atoms with E-state index in [0.717, 1.165) is 16.2 Å². The molecule has 0 unspecified atom stereocenters. The van der Waals surface area contributed by atoms with Crippen molar-refractivity contribution in [1.29, 1.82) is 0 Å². The number of anilines is 2. The summed E-state index contributed by atoms with van der Waals surface area (Å²) in [5.41, 5.74) is 1.84. The Morgan fingerprint density at radius 1 is 1.21 bits per heavy atom. The first-order valence-corrected chi connectivity index (χ1v) is 7.65. The molecule has 1 aromatic carbocycles. The standard InChI is InChI=1S/C17H19N3O4/c1-17(2)11-8-10(4-5-13(11)19(3)16(17)24)18-12-9-14(22)20(6-7-21)15(12)23/h4-5,8-9,18,21H,6-7H2,1-3H3. The van der Waals surface area contributed by atoms with Gasteiger partial charge in [-0.25, -0.2) is 0 Å². The second kappa shape index (κ2) is 5.45. The number of benzene rings is 1. The zero-order chi connectivity index (χ0) is 17.6. The van der Waals surface area contributed by atoms with Gasteiger partial charge in [0.05, 0.1) is 18.6 Å². The van der Waals surface area contributed by atoms with Crippen LogP contribution in [-0.4, -0.2) is 47.9 Å². The molecule has 0 aromatic heterocycles. The van der Waals surface area contributed by atoms with E-state index in [-0.39, 0.29) is 24.8 Å². The van der Waals surface area contributed by atoms with Crippen molar-refractivity contribution in [3.63, 3.8) is 0 Å². The summed E-state index contributed by atoms with van der Waals surface area (Å²) in [7, 11) is 1.73. The number of nitrogens with zero attached hydrogens (tertiary/aromatic N) is 2. The maximum Gasteiger partial charge on any atom is 0.277 e. The Bertz CT molecular complexity index is 782. The monoisotopic (exact) mass is 329 g/mol. The molecule has 126 valence electrons. The molecular weight excluding hydrogens is 310 g/mol. The second-order valence-electron chi connectivity index (χ2n) is 6.42. The first-order chi connectivity index (χ1) is 11.3. The van der Waals surface area contributed by atoms with Gasteiger partial charge in [-0.1, -0.05) is 0 Å². The topological polar surface area (TPSA) is 90.0 Å². The number of rotatable bonds is 4. The van der Waals surface area contributed by atoms with E-state index in [0.29, 0.717) is 5.69 Å². The van der Waals surface area contributed by atoms with Gasteiger partial charge in [0.25, 0.3) is 11.8 Å². The highest BCUT2D eigenvalue weighted by atomic mass is 16.3. The number of carbonyl (C=O) groups is 3. The summed E-state index contributed by atoms with van der Waals surface area (Å²) in [6.45, 7) is 3.40. The maximum atomic E-state index is 12.3. The number of imide groups is 1. The number of hydrogen-bond acceptors (Lipinski definition) is 5. The lowest BCUT2D eigenvalue weighted by molar-refractivity contribution is -0.137. The lowest BCUT2D eigenvalue weighted by Gasteiger charge is -2.17. The third-order valence-corrected chi connectivity index (χ3v) is 4.48. The van der Waals surface area contributed by atoms with Crippen molar-refractivity contribution in [2.75, 3.05) is 30.4 Å². The number of β-amino-alcohol motifs (C(OH)–C–C–N with tert-alkyl or cyclic N) is 1. The molecule has 0 bridgehead atoms. The van der Waals surface area contributed by atoms with Crippen molar-refractivity contribution in [1.82, 2.24) is 4.90 Å². The molecule has 24 heavy (non-hydrogen) atoms. The number of aliphatic hydroxyl groups excluding tert-OH is 1. The molecule has 2 heterocycles. The largest absolute Gasteiger partial charge is 0.395 e. The van der Waals surface area contributed by atoms with Gasteiger partial charge >= 0.3 is 0 Å². The number of amides is 3. The van der Waals surface area contributed by atoms with Gasteiger partial charge in [0.2, 0.25) is 5.91 Å². The summed E-state index contributed by atoms with van der Waals surface area (Å²) in [6.07, 6.45) is 1.22. The lowest BCUT2D eigenvalue weighted by Crippen LogP contribution is -2.34. The van der Waals surface area contributed by atoms with E-state index >= 15 is 0 Å². The quantitative estimate of drug-likeness (QED) is 0.790. The average molecular weight is 329 g/mol. The van der Waals surface area contributed by atoms with E-state index in [4.69, 9.17) is 5.11 Å². The fourth-order valence-electron chi connectivity index (χ4n) is 3.12. The minimum absolute atomic E-state index is 0.00936. The number of carbonyl (C=O) groups excluding carboxylic acids is 3. The molecule has 3 amide bonds. The molecule has 1 aromatic rings. The Morgan fingerprint density at radius 2 is 1.92 bits per heavy atom. The van der Waals surface area contributed by atoms with Gasteiger partial charge in [0.15, 0.2) is 0 Å². The van der Waals surface area contributed by atoms with Gasteiger partial charge in [-0.2, -0.15) is 0 Å². The third kappa shape index (κ3) is 2.28. The van der Waals surface area contributed by atoms with Crippen LogP contribution in [0.4, 0.5) is 11.4 Å². The second-order valence-corrected chi connectivity index (χ2v) is 6.42. The normalized spacial score (nSPS) is 19.0. The molecular formula is C17H19N3O4. The van der Waals surface area contributed by atoms with Crippen molar-refractivity contribution in [2.24, 2.45) is 0 Å². The predicted molar refractivity (Wildman–Crippen MR) is 88.4 cm³/mol. The van der Waals surface area contributed by atoms with E-state index < -0.39 is 17.2 Å². The van der Waals surface area contributed by atoms with Crippen LogP contribution in [0.3, 0.4) is 0 Å². The minimum atomic E-state index is -0.644. The smallest absolute Gasteiger partial charge is 0.277 e. The van der Waals surface area contributed by atoms with Gasteiger partial charge in [-0.15, -0.1) is 0 Å². The molecule has 0 fully saturated rings. The summed E-state index contributed by atoms with van der Waals surface area (Å²) < 4.78 is 0. The van der Waals surface area contributed by atoms with Crippen LogP contribution in [-0.2, 0) is 19.8 Å². The highest BCUT2D eigenvalue weighted by Crippen LogP contribution is 2.42. The van der Waals surface area contributed by atoms with Crippen LogP contribution in [0.2, 0.25) is 0 Å². The molecule has 7 nitrogen and oxygen atoms in total. The number of likely N-dealkylation sites (N-methyl/N-ethyl adjacent to an activating group) is 1. The Hall–Kier alpha value is -2.67. The molecule has 0 saturated heterocycles. The van der Waals surface area contributed by atoms with Gasteiger partial charge in [0, 0.05) is 24.5 Å². The molecule has 0 atom stereocenters. The van der Waals surface area contributed by atoms with Crippen molar-refractivity contribution in [3.05, 3.63) is 35.5 Å². The van der Waals surface area contributed by atoms with Gasteiger partial charge < -0.3 is 15.3 Å². The molecule has 0 radical (unpaired) electrons. The number of fused-ring (bicyclic) bond motifs is 1. The number of nitrogens with one attached hydrogen (secondary N) is 1. The molecule has 2 N–H and O–H groups in total. The first kappa shape index (κ1) is 16.2. The summed E-state index contributed by atoms with van der Waals surface area (Å²) in [5.74, 6) is -0.912. The Kier molecular flexibility index (Phi) is 3.68. The predicted octanol–water partition coefficient (Wildman–Crippen LogP) is 0.597. The van der Waals surface area contributed by atoms with Crippen molar-refractivity contribution in [2.45, 2.75) is 19.3 Å². The van der Waals surface area contributed by atoms with Crippen molar-refractivity contribution in [3.8, 4) is 0 Å². The number of hydrogen-bond donors (Lipinski definition) is 2. The summed E-state index contributed by atoms with van der Waals surface area (Å²) in [6, 6.07) is 5.40. The first-order valence-electron chi connectivity index (χ1n) is 7.65. The van der Waals surface area contributed by atoms with Crippen LogP contribution in [0.5, 0.6) is 0 Å². The SMILES string of the molecule is CN1C(=O)C(C)(C)c2cc(NC3=CC(=O)N(CCO)C3=O)ccc21. The van der Waals surface area contributed by atoms with E-state index in [9.17, 15) is 14.4 Å². The zero-order valence-corrected chi connectivity index (χ0v) is 13.8. The van der Waals surface area contributed by atoms with Crippen LogP contribution in [0, 0.1) is 0 Å². The van der Waals surface area contributed by atoms with E-state index in [1.165, 1.54) is 6.08 Å². The van der Waals surface area contributed by atoms with Gasteiger partial charge in [-0.05, 0) is 37.6 Å². The van der Waals surface area contributed by atoms with E-state index in [2.05, 4.69) is 5.32 Å². The highest BCUT2D eigenvalue weighted by molar-refractivity contribution is 6.17. The van der Waals surface area contributed by atoms with Crippen LogP contribution in [0.25, 0.3) is 0 Å². The van der Waals surface area contributed by atoms with Crippen LogP contribution in [0.15, 0.2) is 30.0 Å². The molecule has 0 aliphatic carbocycles. The zero-order valence-electron chi connectivity index (χ0n) is 13.8. The van der Waals surface area contributed by atoms with Crippen LogP contribution < -0.4 is 10.2 Å². The minimum Gasteiger partial charge on any atom is -0.395 e. The van der Waals surface area contributed by atoms with Crippen molar-refractivity contribution >= 4 is 29.1 Å². The van der Waals surface area contributed by atoms with Crippen LogP contribution in [0.1, 0.15) is 19.4 Å². The highest BCUT2D eigenvalue weighted by Gasteiger charge is 2.42. The third-order valence-electron chi connectivity index (χ3n) is 4.48. The molecule has 7 heteroatoms. The Labute approximate surface area is 139 Å². The lowest BCUT2D eigenvalue weighted by atomic mass is 9.86. The fourth-order valence-corrected chi connectivity index (χ4v) is 3.12. The van der Waals surface area contributed by atoms with Gasteiger partial charge in [-0.3, -0.25) is 19.3 Å². The maximum absolute atomic E-state index is 12.3. The van der Waals surface area contributed by atoms with E-state index in [1.54, 1.807) is 18.0 Å². The van der Waals surface area contributed by atoms with E-state index in [1.807, 2.05) is 26.0 Å². The molecule has 2 aliphatic rings. The summed E-state index contributed by atoms with van der Waals surface area (Å²) in [5, 5.41) is 11.9. The Morgan fingerprint density at radius 3 is 2.58 bits per heavy atom. The number of aliphatic hydroxyl groups is 1. The molecule has 2 aliphatic heterocycles. The molecule has 0 spiro atoms. The Balaban J connectivity index is 1.88. The summed E-state index contributed by atoms with van der Waals surface area (Å²) in [4.78, 5) is 38.9. The van der Waals surface area contributed by atoms with Gasteiger partial charge in [0.1, 0.15) is 5.70 Å². The molecule has 3 rings (SSSR count). The molecule has 0 saturated carbocycles.